The molecule has 0 spiro atoms. The number of nitrogens with zero attached hydrogens (tertiary/aromatic N) is 2. The summed E-state index contributed by atoms with van der Waals surface area (Å²) in [6.07, 6.45) is 1.43. The zero-order valence-corrected chi connectivity index (χ0v) is 12.8. The highest BCUT2D eigenvalue weighted by Gasteiger charge is 2.14. The van der Waals surface area contributed by atoms with E-state index in [2.05, 4.69) is 20.6 Å². The molecule has 8 heteroatoms. The van der Waals surface area contributed by atoms with Crippen molar-refractivity contribution in [3.63, 3.8) is 0 Å². The van der Waals surface area contributed by atoms with Crippen molar-refractivity contribution in [1.29, 1.82) is 0 Å². The number of benzene rings is 2. The zero-order chi connectivity index (χ0) is 17.1. The number of halogens is 4. The summed E-state index contributed by atoms with van der Waals surface area (Å²) < 4.78 is 39.9. The highest BCUT2D eigenvalue weighted by atomic mass is 35.5. The van der Waals surface area contributed by atoms with Crippen molar-refractivity contribution in [2.75, 3.05) is 10.6 Å². The summed E-state index contributed by atoms with van der Waals surface area (Å²) in [7, 11) is 0. The fourth-order valence-corrected chi connectivity index (χ4v) is 2.13. The van der Waals surface area contributed by atoms with Gasteiger partial charge in [0.25, 0.3) is 0 Å². The van der Waals surface area contributed by atoms with E-state index in [1.165, 1.54) is 12.3 Å². The predicted molar refractivity (Wildman–Crippen MR) is 86.4 cm³/mol. The van der Waals surface area contributed by atoms with E-state index in [0.29, 0.717) is 10.7 Å². The molecule has 0 saturated carbocycles. The SMILES string of the molecule is Fc1ccc(Nc2ccnc(Nc3cccc(Cl)c3)n2)c(F)c1F. The van der Waals surface area contributed by atoms with Gasteiger partial charge in [0.2, 0.25) is 5.95 Å². The third-order valence-electron chi connectivity index (χ3n) is 3.03. The fraction of sp³-hybridized carbons (Fsp3) is 0. The lowest BCUT2D eigenvalue weighted by Crippen LogP contribution is -2.03. The molecule has 122 valence electrons. The number of hydrogen-bond donors (Lipinski definition) is 2. The maximum absolute atomic E-state index is 13.7. The second kappa shape index (κ2) is 6.76. The van der Waals surface area contributed by atoms with Crippen molar-refractivity contribution in [2.45, 2.75) is 0 Å². The van der Waals surface area contributed by atoms with Gasteiger partial charge in [0.15, 0.2) is 17.5 Å². The highest BCUT2D eigenvalue weighted by Crippen LogP contribution is 2.23. The Balaban J connectivity index is 1.82. The van der Waals surface area contributed by atoms with Crippen LogP contribution in [0.25, 0.3) is 0 Å². The van der Waals surface area contributed by atoms with Crippen LogP contribution in [0.5, 0.6) is 0 Å². The van der Waals surface area contributed by atoms with Gasteiger partial charge in [0.05, 0.1) is 5.69 Å². The first-order chi connectivity index (χ1) is 11.5. The average Bonchev–Trinajstić information content (AvgIpc) is 2.56. The van der Waals surface area contributed by atoms with Crippen LogP contribution in [0.3, 0.4) is 0 Å². The molecule has 0 bridgehead atoms. The topological polar surface area (TPSA) is 49.8 Å². The Morgan fingerprint density at radius 3 is 2.54 bits per heavy atom. The van der Waals surface area contributed by atoms with Gasteiger partial charge >= 0.3 is 0 Å². The monoisotopic (exact) mass is 350 g/mol. The van der Waals surface area contributed by atoms with E-state index in [1.54, 1.807) is 24.3 Å². The van der Waals surface area contributed by atoms with Crippen molar-refractivity contribution in [2.24, 2.45) is 0 Å². The van der Waals surface area contributed by atoms with Crippen LogP contribution in [0.15, 0.2) is 48.7 Å². The van der Waals surface area contributed by atoms with Gasteiger partial charge < -0.3 is 10.6 Å². The lowest BCUT2D eigenvalue weighted by Gasteiger charge is -2.09. The first kappa shape index (κ1) is 16.1. The quantitative estimate of drug-likeness (QED) is 0.648. The van der Waals surface area contributed by atoms with Gasteiger partial charge in [0.1, 0.15) is 5.82 Å². The molecule has 0 aliphatic carbocycles. The van der Waals surface area contributed by atoms with Crippen LogP contribution < -0.4 is 10.6 Å². The number of nitrogens with one attached hydrogen (secondary N) is 2. The summed E-state index contributed by atoms with van der Waals surface area (Å²) >= 11 is 5.89. The minimum Gasteiger partial charge on any atom is -0.338 e. The van der Waals surface area contributed by atoms with Crippen molar-refractivity contribution < 1.29 is 13.2 Å². The van der Waals surface area contributed by atoms with E-state index in [-0.39, 0.29) is 17.5 Å². The van der Waals surface area contributed by atoms with Gasteiger partial charge in [-0.25, -0.2) is 18.2 Å². The van der Waals surface area contributed by atoms with Crippen LogP contribution in [0.2, 0.25) is 5.02 Å². The van der Waals surface area contributed by atoms with Gasteiger partial charge in [-0.05, 0) is 36.4 Å². The molecule has 4 nitrogen and oxygen atoms in total. The van der Waals surface area contributed by atoms with Crippen LogP contribution in [0.4, 0.5) is 36.3 Å². The van der Waals surface area contributed by atoms with E-state index < -0.39 is 17.5 Å². The van der Waals surface area contributed by atoms with Crippen LogP contribution in [-0.2, 0) is 0 Å². The molecule has 0 radical (unpaired) electrons. The summed E-state index contributed by atoms with van der Waals surface area (Å²) in [5.74, 6) is -3.70. The van der Waals surface area contributed by atoms with E-state index in [0.717, 1.165) is 12.1 Å². The van der Waals surface area contributed by atoms with E-state index in [4.69, 9.17) is 11.6 Å². The lowest BCUT2D eigenvalue weighted by atomic mass is 10.3. The van der Waals surface area contributed by atoms with Gasteiger partial charge in [0, 0.05) is 16.9 Å². The molecule has 0 aliphatic rings. The molecule has 24 heavy (non-hydrogen) atoms. The number of anilines is 4. The minimum absolute atomic E-state index is 0.208. The summed E-state index contributed by atoms with van der Waals surface area (Å²) in [6, 6.07) is 10.3. The summed E-state index contributed by atoms with van der Waals surface area (Å²) in [6.45, 7) is 0. The molecule has 0 atom stereocenters. The summed E-state index contributed by atoms with van der Waals surface area (Å²) in [5.41, 5.74) is 0.431. The van der Waals surface area contributed by atoms with Gasteiger partial charge in [-0.1, -0.05) is 17.7 Å². The summed E-state index contributed by atoms with van der Waals surface area (Å²) in [5, 5.41) is 6.05. The van der Waals surface area contributed by atoms with Gasteiger partial charge in [-0.3, -0.25) is 0 Å². The standard InChI is InChI=1S/C16H10ClF3N4/c17-9-2-1-3-10(8-9)22-16-21-7-6-13(24-16)23-12-5-4-11(18)14(19)15(12)20/h1-8H,(H2,21,22,23,24). The highest BCUT2D eigenvalue weighted by molar-refractivity contribution is 6.30. The average molecular weight is 351 g/mol. The fourth-order valence-electron chi connectivity index (χ4n) is 1.94. The molecular weight excluding hydrogens is 341 g/mol. The van der Waals surface area contributed by atoms with E-state index in [9.17, 15) is 13.2 Å². The molecule has 1 heterocycles. The Morgan fingerprint density at radius 2 is 1.75 bits per heavy atom. The summed E-state index contributed by atoms with van der Waals surface area (Å²) in [4.78, 5) is 8.15. The van der Waals surface area contributed by atoms with Crippen molar-refractivity contribution in [3.05, 3.63) is 71.1 Å². The zero-order valence-electron chi connectivity index (χ0n) is 12.0. The molecule has 1 aromatic heterocycles. The van der Waals surface area contributed by atoms with Crippen molar-refractivity contribution in [1.82, 2.24) is 9.97 Å². The van der Waals surface area contributed by atoms with Crippen LogP contribution in [-0.4, -0.2) is 9.97 Å². The molecule has 0 unspecified atom stereocenters. The maximum atomic E-state index is 13.7. The first-order valence-corrected chi connectivity index (χ1v) is 7.17. The second-order valence-electron chi connectivity index (χ2n) is 4.75. The van der Waals surface area contributed by atoms with Gasteiger partial charge in [-0.2, -0.15) is 4.98 Å². The molecule has 3 aromatic rings. The number of hydrogen-bond acceptors (Lipinski definition) is 4. The molecular formula is C16H10ClF3N4. The van der Waals surface area contributed by atoms with Crippen LogP contribution in [0.1, 0.15) is 0 Å². The largest absolute Gasteiger partial charge is 0.338 e. The van der Waals surface area contributed by atoms with Crippen molar-refractivity contribution >= 4 is 34.7 Å². The molecule has 0 fully saturated rings. The Labute approximate surface area is 140 Å². The first-order valence-electron chi connectivity index (χ1n) is 6.79. The Morgan fingerprint density at radius 1 is 0.917 bits per heavy atom. The van der Waals surface area contributed by atoms with Crippen LogP contribution in [0, 0.1) is 17.5 Å². The maximum Gasteiger partial charge on any atom is 0.229 e. The molecule has 0 aliphatic heterocycles. The molecule has 3 rings (SSSR count). The molecule has 2 N–H and O–H groups in total. The Kier molecular flexibility index (Phi) is 4.52. The molecule has 0 amide bonds. The van der Waals surface area contributed by atoms with Crippen LogP contribution >= 0.6 is 11.6 Å². The van der Waals surface area contributed by atoms with E-state index in [1.807, 2.05) is 0 Å². The predicted octanol–water partition coefficient (Wildman–Crippen LogP) is 5.03. The van der Waals surface area contributed by atoms with Crippen molar-refractivity contribution in [3.8, 4) is 0 Å². The molecule has 0 saturated heterocycles. The normalized spacial score (nSPS) is 10.5. The lowest BCUT2D eigenvalue weighted by molar-refractivity contribution is 0.449. The Hall–Kier alpha value is -2.80. The van der Waals surface area contributed by atoms with E-state index >= 15 is 0 Å². The third kappa shape index (κ3) is 3.57. The minimum atomic E-state index is -1.55. The van der Waals surface area contributed by atoms with Gasteiger partial charge in [-0.15, -0.1) is 0 Å². The Bertz CT molecular complexity index is 889. The smallest absolute Gasteiger partial charge is 0.229 e. The number of aromatic nitrogens is 2. The second-order valence-corrected chi connectivity index (χ2v) is 5.19. The molecule has 2 aromatic carbocycles. The number of rotatable bonds is 4. The third-order valence-corrected chi connectivity index (χ3v) is 3.27.